The lowest BCUT2D eigenvalue weighted by Gasteiger charge is -1.98. The monoisotopic (exact) mass is 290 g/mol. The van der Waals surface area contributed by atoms with E-state index in [0.29, 0.717) is 11.3 Å². The molecule has 0 fully saturated rings. The first-order valence-corrected chi connectivity index (χ1v) is 4.61. The molecule has 0 aliphatic carbocycles. The number of hydrogen-bond acceptors (Lipinski definition) is 3. The van der Waals surface area contributed by atoms with Crippen molar-refractivity contribution in [2.75, 3.05) is 7.05 Å². The minimum Gasteiger partial charge on any atom is -0.354 e. The van der Waals surface area contributed by atoms with Gasteiger partial charge in [-0.15, -0.1) is 0 Å². The summed E-state index contributed by atoms with van der Waals surface area (Å²) in [5.41, 5.74) is 0.803. The molecular formula is C8H7IN2O2. The molecule has 0 saturated carbocycles. The van der Waals surface area contributed by atoms with E-state index >= 15 is 0 Å². The van der Waals surface area contributed by atoms with Gasteiger partial charge in [0.1, 0.15) is 5.69 Å². The number of carbonyl (C=O) groups is 2. The fraction of sp³-hybridized carbons (Fsp3) is 0.125. The van der Waals surface area contributed by atoms with E-state index in [2.05, 4.69) is 10.3 Å². The number of amides is 1. The predicted molar refractivity (Wildman–Crippen MR) is 56.0 cm³/mol. The van der Waals surface area contributed by atoms with Gasteiger partial charge < -0.3 is 5.32 Å². The predicted octanol–water partition coefficient (Wildman–Crippen LogP) is 1.02. The van der Waals surface area contributed by atoms with E-state index in [0.717, 1.165) is 0 Å². The molecule has 0 atom stereocenters. The molecule has 0 unspecified atom stereocenters. The van der Waals surface area contributed by atoms with Crippen molar-refractivity contribution in [2.45, 2.75) is 0 Å². The molecule has 1 aromatic heterocycles. The van der Waals surface area contributed by atoms with Gasteiger partial charge in [0.2, 0.25) is 3.79 Å². The Morgan fingerprint density at radius 2 is 2.15 bits per heavy atom. The van der Waals surface area contributed by atoms with Gasteiger partial charge in [-0.1, -0.05) is 0 Å². The van der Waals surface area contributed by atoms with Gasteiger partial charge in [0, 0.05) is 41.4 Å². The summed E-state index contributed by atoms with van der Waals surface area (Å²) in [6, 6.07) is 3.09. The molecule has 13 heavy (non-hydrogen) atoms. The molecule has 0 aliphatic heterocycles. The van der Waals surface area contributed by atoms with Crippen molar-refractivity contribution in [2.24, 2.45) is 0 Å². The Morgan fingerprint density at radius 3 is 2.54 bits per heavy atom. The molecule has 4 nitrogen and oxygen atoms in total. The van der Waals surface area contributed by atoms with Gasteiger partial charge in [-0.05, 0) is 12.1 Å². The van der Waals surface area contributed by atoms with Crippen LogP contribution in [0.5, 0.6) is 0 Å². The van der Waals surface area contributed by atoms with Crippen LogP contribution in [0.25, 0.3) is 0 Å². The van der Waals surface area contributed by atoms with Crippen LogP contribution in [-0.2, 0) is 0 Å². The Bertz CT molecular complexity index is 335. The highest BCUT2D eigenvalue weighted by Crippen LogP contribution is 2.05. The van der Waals surface area contributed by atoms with E-state index in [1.807, 2.05) is 0 Å². The van der Waals surface area contributed by atoms with Crippen LogP contribution in [0.3, 0.4) is 0 Å². The summed E-state index contributed by atoms with van der Waals surface area (Å²) in [6.07, 6.45) is 1.39. The first-order chi connectivity index (χ1) is 6.15. The fourth-order valence-corrected chi connectivity index (χ4v) is 1.09. The minimum atomic E-state index is -0.257. The van der Waals surface area contributed by atoms with Crippen molar-refractivity contribution in [1.29, 1.82) is 0 Å². The maximum Gasteiger partial charge on any atom is 0.269 e. The van der Waals surface area contributed by atoms with Crippen LogP contribution < -0.4 is 5.32 Å². The summed E-state index contributed by atoms with van der Waals surface area (Å²) in [6.45, 7) is 0. The van der Waals surface area contributed by atoms with Crippen LogP contribution in [0.4, 0.5) is 0 Å². The number of nitrogens with one attached hydrogen (secondary N) is 1. The number of rotatable bonds is 2. The second-order valence-electron chi connectivity index (χ2n) is 2.28. The number of pyridine rings is 1. The molecule has 0 spiro atoms. The van der Waals surface area contributed by atoms with Gasteiger partial charge in [0.15, 0.2) is 0 Å². The highest BCUT2D eigenvalue weighted by atomic mass is 127. The molecule has 5 heteroatoms. The van der Waals surface area contributed by atoms with Crippen LogP contribution in [0.15, 0.2) is 18.3 Å². The average Bonchev–Trinajstić information content (AvgIpc) is 2.17. The van der Waals surface area contributed by atoms with E-state index in [9.17, 15) is 9.59 Å². The summed E-state index contributed by atoms with van der Waals surface area (Å²) in [4.78, 5) is 25.7. The zero-order valence-corrected chi connectivity index (χ0v) is 9.03. The van der Waals surface area contributed by atoms with Crippen molar-refractivity contribution in [3.05, 3.63) is 29.6 Å². The van der Waals surface area contributed by atoms with Crippen LogP contribution in [-0.4, -0.2) is 21.7 Å². The molecule has 1 aromatic rings. The van der Waals surface area contributed by atoms with Gasteiger partial charge in [-0.25, -0.2) is 0 Å². The van der Waals surface area contributed by atoms with E-state index in [1.165, 1.54) is 19.3 Å². The summed E-state index contributed by atoms with van der Waals surface area (Å²) in [5.74, 6) is -0.257. The quantitative estimate of drug-likeness (QED) is 0.653. The van der Waals surface area contributed by atoms with Crippen molar-refractivity contribution >= 4 is 32.3 Å². The van der Waals surface area contributed by atoms with Crippen LogP contribution in [0.2, 0.25) is 0 Å². The van der Waals surface area contributed by atoms with E-state index < -0.39 is 0 Å². The Balaban J connectivity index is 2.93. The largest absolute Gasteiger partial charge is 0.354 e. The van der Waals surface area contributed by atoms with Gasteiger partial charge in [-0.3, -0.25) is 14.6 Å². The molecule has 1 rings (SSSR count). The third-order valence-corrected chi connectivity index (χ3v) is 2.07. The number of nitrogens with zero attached hydrogens (tertiary/aromatic N) is 1. The normalized spacial score (nSPS) is 9.38. The number of carbonyl (C=O) groups excluding carboxylic acids is 2. The van der Waals surface area contributed by atoms with Crippen LogP contribution in [0.1, 0.15) is 20.8 Å². The van der Waals surface area contributed by atoms with Crippen molar-refractivity contribution < 1.29 is 9.59 Å². The molecule has 0 saturated heterocycles. The summed E-state index contributed by atoms with van der Waals surface area (Å²) >= 11 is 1.67. The maximum absolute atomic E-state index is 11.0. The number of halogens is 1. The first kappa shape index (κ1) is 10.1. The summed E-state index contributed by atoms with van der Waals surface area (Å²) in [7, 11) is 1.53. The summed E-state index contributed by atoms with van der Waals surface area (Å²) in [5, 5.41) is 2.44. The van der Waals surface area contributed by atoms with Gasteiger partial charge in [-0.2, -0.15) is 0 Å². The maximum atomic E-state index is 11.0. The van der Waals surface area contributed by atoms with E-state index in [-0.39, 0.29) is 9.70 Å². The lowest BCUT2D eigenvalue weighted by atomic mass is 10.2. The third-order valence-electron chi connectivity index (χ3n) is 1.45. The molecule has 1 heterocycles. The van der Waals surface area contributed by atoms with Crippen LogP contribution in [0, 0.1) is 0 Å². The molecule has 0 bridgehead atoms. The number of aromatic nitrogens is 1. The van der Waals surface area contributed by atoms with Gasteiger partial charge >= 0.3 is 0 Å². The summed E-state index contributed by atoms with van der Waals surface area (Å²) < 4.78 is -0.0893. The van der Waals surface area contributed by atoms with E-state index in [4.69, 9.17) is 0 Å². The fourth-order valence-electron chi connectivity index (χ4n) is 0.773. The first-order valence-electron chi connectivity index (χ1n) is 3.53. The SMILES string of the molecule is CNC(=O)c1ccc(C(=O)I)cn1. The van der Waals surface area contributed by atoms with Gasteiger partial charge in [0.25, 0.3) is 5.91 Å². The average molecular weight is 290 g/mol. The second-order valence-corrected chi connectivity index (χ2v) is 3.26. The second kappa shape index (κ2) is 4.31. The molecule has 1 amide bonds. The molecule has 68 valence electrons. The van der Waals surface area contributed by atoms with Crippen molar-refractivity contribution in [3.63, 3.8) is 0 Å². The van der Waals surface area contributed by atoms with E-state index in [1.54, 1.807) is 28.7 Å². The molecule has 0 radical (unpaired) electrons. The van der Waals surface area contributed by atoms with Gasteiger partial charge in [0.05, 0.1) is 0 Å². The van der Waals surface area contributed by atoms with Crippen molar-refractivity contribution in [1.82, 2.24) is 10.3 Å². The highest BCUT2D eigenvalue weighted by Gasteiger charge is 2.05. The Hall–Kier alpha value is -0.980. The Morgan fingerprint density at radius 1 is 1.46 bits per heavy atom. The molecule has 1 N–H and O–H groups in total. The third kappa shape index (κ3) is 2.48. The Kier molecular flexibility index (Phi) is 3.35. The highest BCUT2D eigenvalue weighted by molar-refractivity contribution is 14.1. The standard InChI is InChI=1S/C8H7IN2O2/c1-10-8(13)6-3-2-5(4-11-6)7(9)12/h2-4H,1H3,(H,10,13). The Labute approximate surface area is 88.9 Å². The lowest BCUT2D eigenvalue weighted by molar-refractivity contribution is 0.0957. The smallest absolute Gasteiger partial charge is 0.269 e. The zero-order chi connectivity index (χ0) is 9.84. The number of hydrogen-bond donors (Lipinski definition) is 1. The topological polar surface area (TPSA) is 59.1 Å². The molecular weight excluding hydrogens is 283 g/mol. The van der Waals surface area contributed by atoms with Crippen molar-refractivity contribution in [3.8, 4) is 0 Å². The minimum absolute atomic E-state index is 0.0893. The zero-order valence-electron chi connectivity index (χ0n) is 6.87. The van der Waals surface area contributed by atoms with Crippen LogP contribution >= 0.6 is 22.6 Å². The lowest BCUT2D eigenvalue weighted by Crippen LogP contribution is -2.19. The molecule has 0 aliphatic rings. The molecule has 0 aromatic carbocycles.